The van der Waals surface area contributed by atoms with Gasteiger partial charge in [-0.15, -0.1) is 0 Å². The van der Waals surface area contributed by atoms with Gasteiger partial charge in [-0.05, 0) is 41.5 Å². The van der Waals surface area contributed by atoms with Gasteiger partial charge in [-0.25, -0.2) is 9.29 Å². The molecule has 3 aromatic rings. The Morgan fingerprint density at radius 3 is 2.27 bits per heavy atom. The first kappa shape index (κ1) is 22.0. The second-order valence-corrected chi connectivity index (χ2v) is 7.75. The molecular formula is C26H22FN3O3. The molecule has 0 aliphatic carbocycles. The second-order valence-electron chi connectivity index (χ2n) is 7.75. The van der Waals surface area contributed by atoms with Gasteiger partial charge in [0.15, 0.2) is 0 Å². The van der Waals surface area contributed by atoms with E-state index in [9.17, 15) is 18.8 Å². The zero-order valence-electron chi connectivity index (χ0n) is 18.2. The molecule has 0 spiro atoms. The molecule has 1 aliphatic heterocycles. The number of carbonyl (C=O) groups excluding carboxylic acids is 3. The summed E-state index contributed by atoms with van der Waals surface area (Å²) in [6.45, 7) is 1.81. The Morgan fingerprint density at radius 2 is 1.64 bits per heavy atom. The van der Waals surface area contributed by atoms with Crippen molar-refractivity contribution in [2.45, 2.75) is 13.5 Å². The van der Waals surface area contributed by atoms with Crippen molar-refractivity contribution in [3.8, 4) is 0 Å². The summed E-state index contributed by atoms with van der Waals surface area (Å²) in [4.78, 5) is 41.0. The molecule has 0 fully saturated rings. The number of nitrogens with zero attached hydrogens (tertiary/aromatic N) is 2. The molecule has 7 heteroatoms. The van der Waals surface area contributed by atoms with Crippen LogP contribution in [0.2, 0.25) is 0 Å². The topological polar surface area (TPSA) is 69.7 Å². The van der Waals surface area contributed by atoms with Crippen LogP contribution in [0.15, 0.2) is 84.6 Å². The summed E-state index contributed by atoms with van der Waals surface area (Å²) in [5, 5.41) is 2.68. The van der Waals surface area contributed by atoms with E-state index in [0.29, 0.717) is 17.8 Å². The van der Waals surface area contributed by atoms with Gasteiger partial charge in [-0.2, -0.15) is 0 Å². The smallest absolute Gasteiger partial charge is 0.282 e. The molecule has 0 saturated heterocycles. The van der Waals surface area contributed by atoms with Crippen LogP contribution in [0.1, 0.15) is 18.1 Å². The summed E-state index contributed by atoms with van der Waals surface area (Å²) in [6, 6.07) is 21.7. The zero-order valence-corrected chi connectivity index (χ0v) is 18.2. The normalized spacial score (nSPS) is 13.5. The number of amides is 3. The molecule has 0 unspecified atom stereocenters. The second kappa shape index (κ2) is 9.08. The minimum atomic E-state index is -0.541. The Morgan fingerprint density at radius 1 is 0.939 bits per heavy atom. The molecule has 166 valence electrons. The number of nitrogens with one attached hydrogen (secondary N) is 1. The Bertz CT molecular complexity index is 1250. The molecular weight excluding hydrogens is 421 g/mol. The van der Waals surface area contributed by atoms with Gasteiger partial charge < -0.3 is 10.2 Å². The van der Waals surface area contributed by atoms with Crippen LogP contribution in [0, 0.1) is 5.82 Å². The van der Waals surface area contributed by atoms with Crippen molar-refractivity contribution in [3.05, 3.63) is 102 Å². The third-order valence-corrected chi connectivity index (χ3v) is 5.26. The minimum Gasteiger partial charge on any atom is -0.365 e. The predicted octanol–water partition coefficient (Wildman–Crippen LogP) is 4.20. The van der Waals surface area contributed by atoms with E-state index in [4.69, 9.17) is 0 Å². The fraction of sp³-hybridized carbons (Fsp3) is 0.115. The predicted molar refractivity (Wildman–Crippen MR) is 124 cm³/mol. The highest BCUT2D eigenvalue weighted by Crippen LogP contribution is 2.35. The molecule has 4 rings (SSSR count). The Labute approximate surface area is 190 Å². The molecule has 0 atom stereocenters. The van der Waals surface area contributed by atoms with E-state index in [1.54, 1.807) is 36.2 Å². The van der Waals surface area contributed by atoms with Gasteiger partial charge in [-0.1, -0.05) is 48.5 Å². The highest BCUT2D eigenvalue weighted by molar-refractivity contribution is 6.45. The molecule has 0 radical (unpaired) electrons. The van der Waals surface area contributed by atoms with E-state index in [1.165, 1.54) is 25.1 Å². The van der Waals surface area contributed by atoms with E-state index in [-0.39, 0.29) is 22.9 Å². The fourth-order valence-electron chi connectivity index (χ4n) is 3.84. The third-order valence-electron chi connectivity index (χ3n) is 5.26. The van der Waals surface area contributed by atoms with Gasteiger partial charge in [-0.3, -0.25) is 14.4 Å². The van der Waals surface area contributed by atoms with Crippen molar-refractivity contribution in [2.75, 3.05) is 17.3 Å². The highest BCUT2D eigenvalue weighted by atomic mass is 19.1. The maximum Gasteiger partial charge on any atom is 0.282 e. The number of hydrogen-bond acceptors (Lipinski definition) is 4. The lowest BCUT2D eigenvalue weighted by molar-refractivity contribution is -0.120. The summed E-state index contributed by atoms with van der Waals surface area (Å²) in [6.07, 6.45) is 0. The maximum absolute atomic E-state index is 13.9. The Hall–Kier alpha value is -4.26. The number of benzene rings is 3. The molecule has 1 N–H and O–H groups in total. The number of halogens is 1. The lowest BCUT2D eigenvalue weighted by Gasteiger charge is -2.21. The molecule has 33 heavy (non-hydrogen) atoms. The van der Waals surface area contributed by atoms with Crippen LogP contribution in [0.5, 0.6) is 0 Å². The van der Waals surface area contributed by atoms with E-state index in [0.717, 1.165) is 16.5 Å². The van der Waals surface area contributed by atoms with Crippen LogP contribution < -0.4 is 10.2 Å². The first-order chi connectivity index (χ1) is 15.8. The van der Waals surface area contributed by atoms with E-state index in [1.807, 2.05) is 30.3 Å². The molecule has 6 nitrogen and oxygen atoms in total. The molecule has 0 bridgehead atoms. The largest absolute Gasteiger partial charge is 0.365 e. The third kappa shape index (κ3) is 4.52. The zero-order chi connectivity index (χ0) is 23.5. The standard InChI is InChI=1S/C26H22FN3O3/c1-17(31)28-21-13-11-19(12-14-21)23-24(29(2)16-18-7-4-3-5-8-18)26(33)30(25(23)32)22-10-6-9-20(27)15-22/h3-15H,16H2,1-2H3,(H,28,31). The van der Waals surface area contributed by atoms with Crippen molar-refractivity contribution in [1.29, 1.82) is 0 Å². The minimum absolute atomic E-state index is 0.167. The summed E-state index contributed by atoms with van der Waals surface area (Å²) < 4.78 is 13.9. The fourth-order valence-corrected chi connectivity index (χ4v) is 3.84. The van der Waals surface area contributed by atoms with Gasteiger partial charge in [0.2, 0.25) is 5.91 Å². The van der Waals surface area contributed by atoms with Gasteiger partial charge in [0.05, 0.1) is 11.3 Å². The first-order valence-corrected chi connectivity index (χ1v) is 10.4. The lowest BCUT2D eigenvalue weighted by atomic mass is 10.0. The van der Waals surface area contributed by atoms with Gasteiger partial charge >= 0.3 is 0 Å². The molecule has 3 aromatic carbocycles. The Kier molecular flexibility index (Phi) is 6.04. The van der Waals surface area contributed by atoms with Crippen LogP contribution in [-0.4, -0.2) is 29.7 Å². The molecule has 0 saturated carbocycles. The van der Waals surface area contributed by atoms with Crippen LogP contribution in [0.25, 0.3) is 5.57 Å². The van der Waals surface area contributed by atoms with Gasteiger partial charge in [0, 0.05) is 26.2 Å². The number of rotatable bonds is 6. The van der Waals surface area contributed by atoms with Crippen molar-refractivity contribution in [1.82, 2.24) is 4.90 Å². The van der Waals surface area contributed by atoms with E-state index in [2.05, 4.69) is 5.32 Å². The SMILES string of the molecule is CC(=O)Nc1ccc(C2=C(N(C)Cc3ccccc3)C(=O)N(c3cccc(F)c3)C2=O)cc1. The van der Waals surface area contributed by atoms with Crippen molar-refractivity contribution < 1.29 is 18.8 Å². The molecule has 0 aromatic heterocycles. The van der Waals surface area contributed by atoms with Crippen molar-refractivity contribution >= 4 is 34.7 Å². The average molecular weight is 443 g/mol. The summed E-state index contributed by atoms with van der Waals surface area (Å²) in [5.41, 5.74) is 2.68. The number of hydrogen-bond donors (Lipinski definition) is 1. The van der Waals surface area contributed by atoms with Crippen LogP contribution in [-0.2, 0) is 20.9 Å². The molecule has 1 heterocycles. The number of likely N-dealkylation sites (N-methyl/N-ethyl adjacent to an activating group) is 1. The van der Waals surface area contributed by atoms with Crippen molar-refractivity contribution in [2.24, 2.45) is 0 Å². The first-order valence-electron chi connectivity index (χ1n) is 10.4. The van der Waals surface area contributed by atoms with Crippen molar-refractivity contribution in [3.63, 3.8) is 0 Å². The monoisotopic (exact) mass is 443 g/mol. The number of anilines is 2. The average Bonchev–Trinajstić information content (AvgIpc) is 3.04. The number of imide groups is 1. The summed E-state index contributed by atoms with van der Waals surface area (Å²) in [5.74, 6) is -1.81. The maximum atomic E-state index is 13.9. The van der Waals surface area contributed by atoms with Gasteiger partial charge in [0.25, 0.3) is 11.8 Å². The van der Waals surface area contributed by atoms with Crippen LogP contribution >= 0.6 is 0 Å². The van der Waals surface area contributed by atoms with E-state index >= 15 is 0 Å². The van der Waals surface area contributed by atoms with Crippen LogP contribution in [0.4, 0.5) is 15.8 Å². The quantitative estimate of drug-likeness (QED) is 0.580. The Balaban J connectivity index is 1.78. The summed E-state index contributed by atoms with van der Waals surface area (Å²) >= 11 is 0. The lowest BCUT2D eigenvalue weighted by Crippen LogP contribution is -2.34. The van der Waals surface area contributed by atoms with Crippen LogP contribution in [0.3, 0.4) is 0 Å². The highest BCUT2D eigenvalue weighted by Gasteiger charge is 2.41. The van der Waals surface area contributed by atoms with Gasteiger partial charge in [0.1, 0.15) is 11.5 Å². The number of carbonyl (C=O) groups is 3. The van der Waals surface area contributed by atoms with E-state index < -0.39 is 17.6 Å². The summed E-state index contributed by atoms with van der Waals surface area (Å²) in [7, 11) is 1.74. The molecule has 1 aliphatic rings. The molecule has 3 amide bonds.